The SMILES string of the molecule is COC(=O)c1cccc(-n2cccc2[C@H]2[C@@H](c3ccccn3)NC(=S)N2c2ccc(F)cc2)c1. The minimum atomic E-state index is -0.404. The summed E-state index contributed by atoms with van der Waals surface area (Å²) in [5.41, 5.74) is 3.78. The highest BCUT2D eigenvalue weighted by Gasteiger charge is 2.42. The first-order valence-corrected chi connectivity index (χ1v) is 11.1. The second kappa shape index (κ2) is 9.07. The highest BCUT2D eigenvalue weighted by molar-refractivity contribution is 7.80. The maximum Gasteiger partial charge on any atom is 0.337 e. The van der Waals surface area contributed by atoms with Crippen LogP contribution in [0.5, 0.6) is 0 Å². The second-order valence-electron chi connectivity index (χ2n) is 7.82. The van der Waals surface area contributed by atoms with Gasteiger partial charge in [0.25, 0.3) is 0 Å². The molecule has 1 fully saturated rings. The molecular weight excluding hydrogens is 451 g/mol. The van der Waals surface area contributed by atoms with E-state index in [0.29, 0.717) is 10.7 Å². The van der Waals surface area contributed by atoms with Crippen LogP contribution in [0.4, 0.5) is 10.1 Å². The summed E-state index contributed by atoms with van der Waals surface area (Å²) in [5, 5.41) is 3.92. The maximum atomic E-state index is 13.7. The Morgan fingerprint density at radius 1 is 1.03 bits per heavy atom. The zero-order valence-electron chi connectivity index (χ0n) is 18.3. The molecule has 0 radical (unpaired) electrons. The molecule has 0 unspecified atom stereocenters. The quantitative estimate of drug-likeness (QED) is 0.327. The summed E-state index contributed by atoms with van der Waals surface area (Å²) in [6.07, 6.45) is 3.68. The van der Waals surface area contributed by atoms with Crippen molar-refractivity contribution in [3.63, 3.8) is 0 Å². The summed E-state index contributed by atoms with van der Waals surface area (Å²) >= 11 is 5.74. The first-order chi connectivity index (χ1) is 16.6. The average molecular weight is 473 g/mol. The summed E-state index contributed by atoms with van der Waals surface area (Å²) in [6, 6.07) is 22.7. The van der Waals surface area contributed by atoms with Crippen molar-refractivity contribution in [1.82, 2.24) is 14.9 Å². The van der Waals surface area contributed by atoms with Gasteiger partial charge in [0.15, 0.2) is 5.11 Å². The monoisotopic (exact) mass is 472 g/mol. The van der Waals surface area contributed by atoms with Crippen LogP contribution < -0.4 is 10.2 Å². The summed E-state index contributed by atoms with van der Waals surface area (Å²) in [4.78, 5) is 18.7. The van der Waals surface area contributed by atoms with Crippen LogP contribution in [0.1, 0.15) is 33.8 Å². The van der Waals surface area contributed by atoms with E-state index in [9.17, 15) is 9.18 Å². The smallest absolute Gasteiger partial charge is 0.337 e. The number of thiocarbonyl (C=S) groups is 1. The predicted molar refractivity (Wildman–Crippen MR) is 131 cm³/mol. The fraction of sp³-hybridized carbons (Fsp3) is 0.115. The molecule has 1 N–H and O–H groups in total. The third kappa shape index (κ3) is 3.92. The van der Waals surface area contributed by atoms with Gasteiger partial charge in [-0.25, -0.2) is 9.18 Å². The first-order valence-electron chi connectivity index (χ1n) is 10.7. The van der Waals surface area contributed by atoms with Gasteiger partial charge in [0.2, 0.25) is 0 Å². The number of rotatable bonds is 5. The summed E-state index contributed by atoms with van der Waals surface area (Å²) in [7, 11) is 1.36. The molecule has 34 heavy (non-hydrogen) atoms. The third-order valence-corrected chi connectivity index (χ3v) is 6.15. The van der Waals surface area contributed by atoms with Crippen LogP contribution >= 0.6 is 12.2 Å². The number of esters is 1. The van der Waals surface area contributed by atoms with Gasteiger partial charge in [0.05, 0.1) is 24.4 Å². The fourth-order valence-corrected chi connectivity index (χ4v) is 4.65. The Hall–Kier alpha value is -4.04. The molecule has 2 aromatic heterocycles. The number of nitrogens with zero attached hydrogens (tertiary/aromatic N) is 3. The van der Waals surface area contributed by atoms with Gasteiger partial charge in [-0.15, -0.1) is 0 Å². The Morgan fingerprint density at radius 3 is 2.59 bits per heavy atom. The zero-order valence-corrected chi connectivity index (χ0v) is 19.1. The van der Waals surface area contributed by atoms with Gasteiger partial charge in [0, 0.05) is 29.5 Å². The number of nitrogens with one attached hydrogen (secondary N) is 1. The number of pyridine rings is 1. The van der Waals surface area contributed by atoms with E-state index in [1.807, 2.05) is 58.1 Å². The number of hydrogen-bond acceptors (Lipinski definition) is 4. The van der Waals surface area contributed by atoms with E-state index in [1.165, 1.54) is 19.2 Å². The minimum Gasteiger partial charge on any atom is -0.465 e. The largest absolute Gasteiger partial charge is 0.465 e. The highest BCUT2D eigenvalue weighted by Crippen LogP contribution is 2.42. The fourth-order valence-electron chi connectivity index (χ4n) is 4.31. The van der Waals surface area contributed by atoms with Gasteiger partial charge >= 0.3 is 5.97 Å². The number of ether oxygens (including phenoxy) is 1. The molecular formula is C26H21FN4O2S. The lowest BCUT2D eigenvalue weighted by Crippen LogP contribution is -2.30. The minimum absolute atomic E-state index is 0.254. The molecule has 1 saturated heterocycles. The van der Waals surface area contributed by atoms with Crippen molar-refractivity contribution in [2.24, 2.45) is 0 Å². The first kappa shape index (κ1) is 21.8. The topological polar surface area (TPSA) is 59.4 Å². The van der Waals surface area contributed by atoms with Crippen molar-refractivity contribution >= 4 is 29.0 Å². The molecule has 0 spiro atoms. The number of carbonyl (C=O) groups is 1. The van der Waals surface area contributed by atoms with Crippen LogP contribution in [-0.4, -0.2) is 27.7 Å². The van der Waals surface area contributed by atoms with Crippen molar-refractivity contribution in [1.29, 1.82) is 0 Å². The Labute approximate surface area is 201 Å². The lowest BCUT2D eigenvalue weighted by atomic mass is 10.0. The van der Waals surface area contributed by atoms with Crippen molar-refractivity contribution in [3.05, 3.63) is 114 Å². The molecule has 6 nitrogen and oxygen atoms in total. The predicted octanol–water partition coefficient (Wildman–Crippen LogP) is 4.98. The normalized spacial score (nSPS) is 17.5. The van der Waals surface area contributed by atoms with E-state index < -0.39 is 5.97 Å². The van der Waals surface area contributed by atoms with Crippen molar-refractivity contribution in [3.8, 4) is 5.69 Å². The van der Waals surface area contributed by atoms with Gasteiger partial charge in [0.1, 0.15) is 11.9 Å². The van der Waals surface area contributed by atoms with Crippen molar-refractivity contribution in [2.75, 3.05) is 12.0 Å². The van der Waals surface area contributed by atoms with Crippen LogP contribution in [0, 0.1) is 5.82 Å². The molecule has 3 heterocycles. The molecule has 0 amide bonds. The lowest BCUT2D eigenvalue weighted by molar-refractivity contribution is 0.0600. The number of hydrogen-bond donors (Lipinski definition) is 1. The summed E-state index contributed by atoms with van der Waals surface area (Å²) in [6.45, 7) is 0. The van der Waals surface area contributed by atoms with Crippen LogP contribution in [0.2, 0.25) is 0 Å². The number of halogens is 1. The second-order valence-corrected chi connectivity index (χ2v) is 8.20. The van der Waals surface area contributed by atoms with Crippen molar-refractivity contribution in [2.45, 2.75) is 12.1 Å². The number of aromatic nitrogens is 2. The van der Waals surface area contributed by atoms with E-state index in [2.05, 4.69) is 10.3 Å². The molecule has 1 aliphatic rings. The summed E-state index contributed by atoms with van der Waals surface area (Å²) in [5.74, 6) is -0.721. The number of anilines is 1. The Kier molecular flexibility index (Phi) is 5.81. The number of benzene rings is 2. The molecule has 2 aromatic carbocycles. The molecule has 4 aromatic rings. The van der Waals surface area contributed by atoms with Gasteiger partial charge in [-0.3, -0.25) is 4.98 Å². The van der Waals surface area contributed by atoms with E-state index in [-0.39, 0.29) is 17.9 Å². The van der Waals surface area contributed by atoms with Crippen LogP contribution in [0.15, 0.2) is 91.3 Å². The number of methoxy groups -OCH3 is 1. The van der Waals surface area contributed by atoms with Crippen LogP contribution in [0.3, 0.4) is 0 Å². The van der Waals surface area contributed by atoms with Crippen LogP contribution in [0.25, 0.3) is 5.69 Å². The molecule has 0 bridgehead atoms. The van der Waals surface area contributed by atoms with E-state index in [4.69, 9.17) is 17.0 Å². The molecule has 2 atom stereocenters. The Bertz CT molecular complexity index is 1340. The number of carbonyl (C=O) groups excluding carboxylic acids is 1. The maximum absolute atomic E-state index is 13.7. The molecule has 0 saturated carbocycles. The van der Waals surface area contributed by atoms with E-state index in [0.717, 1.165) is 22.8 Å². The standard InChI is InChI=1S/C26H21FN4O2S/c1-33-25(32)17-6-4-7-20(16-17)30-15-5-9-22(30)24-23(21-8-2-3-14-28-21)29-26(34)31(24)19-12-10-18(27)11-13-19/h2-16,23-24H,1H3,(H,29,34)/t23-,24+/m1/s1. The van der Waals surface area contributed by atoms with Gasteiger partial charge < -0.3 is 19.5 Å². The van der Waals surface area contributed by atoms with Gasteiger partial charge in [-0.1, -0.05) is 12.1 Å². The van der Waals surface area contributed by atoms with Crippen molar-refractivity contribution < 1.29 is 13.9 Å². The Morgan fingerprint density at radius 2 is 1.85 bits per heavy atom. The Balaban J connectivity index is 1.65. The molecule has 170 valence electrons. The van der Waals surface area contributed by atoms with E-state index >= 15 is 0 Å². The van der Waals surface area contributed by atoms with Gasteiger partial charge in [-0.05, 0) is 78.9 Å². The van der Waals surface area contributed by atoms with Gasteiger partial charge in [-0.2, -0.15) is 0 Å². The summed E-state index contributed by atoms with van der Waals surface area (Å²) < 4.78 is 20.6. The molecule has 1 aliphatic heterocycles. The molecule has 8 heteroatoms. The highest BCUT2D eigenvalue weighted by atomic mass is 32.1. The third-order valence-electron chi connectivity index (χ3n) is 5.83. The molecule has 0 aliphatic carbocycles. The lowest BCUT2D eigenvalue weighted by Gasteiger charge is -2.29. The molecule has 5 rings (SSSR count). The van der Waals surface area contributed by atoms with E-state index in [1.54, 1.807) is 30.5 Å². The zero-order chi connectivity index (χ0) is 23.7. The van der Waals surface area contributed by atoms with Crippen LogP contribution in [-0.2, 0) is 4.74 Å². The average Bonchev–Trinajstić information content (AvgIpc) is 3.49.